The number of nitrogens with zero attached hydrogens (tertiary/aromatic N) is 6. The molecule has 3 heterocycles. The third-order valence-electron chi connectivity index (χ3n) is 5.56. The van der Waals surface area contributed by atoms with Gasteiger partial charge in [-0.3, -0.25) is 0 Å². The molecule has 1 aromatic rings. The number of unbranched alkanes of at least 4 members (excludes halogenated alkanes) is 2. The Bertz CT molecular complexity index is 533. The fourth-order valence-corrected chi connectivity index (χ4v) is 4.27. The van der Waals surface area contributed by atoms with Crippen molar-refractivity contribution in [3.8, 4) is 0 Å². The van der Waals surface area contributed by atoms with E-state index in [1.165, 1.54) is 19.3 Å². The summed E-state index contributed by atoms with van der Waals surface area (Å²) in [5.41, 5.74) is -0.0708. The first-order valence-electron chi connectivity index (χ1n) is 8.57. The molecule has 6 nitrogen and oxygen atoms in total. The Hall–Kier alpha value is -1.01. The van der Waals surface area contributed by atoms with Gasteiger partial charge in [-0.05, 0) is 33.9 Å². The predicted octanol–water partition coefficient (Wildman–Crippen LogP) is 1.83. The van der Waals surface area contributed by atoms with Crippen LogP contribution in [0.3, 0.4) is 0 Å². The first kappa shape index (κ1) is 15.9. The van der Waals surface area contributed by atoms with Gasteiger partial charge in [0, 0.05) is 0 Å². The van der Waals surface area contributed by atoms with E-state index in [0.29, 0.717) is 20.1 Å². The second kappa shape index (κ2) is 5.57. The van der Waals surface area contributed by atoms with Crippen LogP contribution in [0.4, 0.5) is 5.95 Å². The topological polar surface area (TPSA) is 40.4 Å². The van der Waals surface area contributed by atoms with Crippen LogP contribution in [0, 0.1) is 0 Å². The molecule has 22 heavy (non-hydrogen) atoms. The summed E-state index contributed by atoms with van der Waals surface area (Å²) in [6, 6.07) is 0. The highest BCUT2D eigenvalue weighted by Gasteiger charge is 2.57. The molecule has 1 unspecified atom stereocenters. The molecular formula is C14H28B2N6. The van der Waals surface area contributed by atoms with Crippen molar-refractivity contribution < 1.29 is 0 Å². The fraction of sp³-hybridized carbons (Fsp3) is 0.857. The zero-order valence-electron chi connectivity index (χ0n) is 14.8. The predicted molar refractivity (Wildman–Crippen MR) is 92.8 cm³/mol. The standard InChI is InChI=1S/C14H28B2N6/c1-7-8-9-10-20-15(4)19(6)12-14(2,3)22-13(17-11-18-22)21(12)16(20)5/h11-12H,7-10H2,1-6H3. The second-order valence-electron chi connectivity index (χ2n) is 7.28. The average Bonchev–Trinajstić information content (AvgIpc) is 3.02. The molecule has 2 aliphatic rings. The van der Waals surface area contributed by atoms with Crippen LogP contribution >= 0.6 is 0 Å². The molecule has 120 valence electrons. The molecule has 2 aliphatic heterocycles. The van der Waals surface area contributed by atoms with Gasteiger partial charge in [0.2, 0.25) is 5.95 Å². The Labute approximate surface area is 135 Å². The number of likely N-dealkylation sites (N-methyl/N-ethyl adjacent to an activating group) is 1. The van der Waals surface area contributed by atoms with Gasteiger partial charge in [-0.15, -0.1) is 0 Å². The van der Waals surface area contributed by atoms with Gasteiger partial charge in [-0.2, -0.15) is 5.10 Å². The lowest BCUT2D eigenvalue weighted by Crippen LogP contribution is -2.75. The molecule has 0 N–H and O–H groups in total. The van der Waals surface area contributed by atoms with Gasteiger partial charge in [0.25, 0.3) is 6.98 Å². The van der Waals surface area contributed by atoms with Crippen LogP contribution in [0.2, 0.25) is 13.6 Å². The average molecular weight is 302 g/mol. The van der Waals surface area contributed by atoms with Gasteiger partial charge in [0.15, 0.2) is 0 Å². The van der Waals surface area contributed by atoms with Crippen LogP contribution in [-0.2, 0) is 5.54 Å². The van der Waals surface area contributed by atoms with Crippen molar-refractivity contribution in [1.29, 1.82) is 0 Å². The molecule has 0 aromatic carbocycles. The van der Waals surface area contributed by atoms with Gasteiger partial charge >= 0.3 is 6.98 Å². The van der Waals surface area contributed by atoms with E-state index in [1.54, 1.807) is 6.33 Å². The largest absolute Gasteiger partial charge is 0.354 e. The van der Waals surface area contributed by atoms with Gasteiger partial charge in [-0.1, -0.05) is 33.4 Å². The summed E-state index contributed by atoms with van der Waals surface area (Å²) in [6.45, 7) is 13.3. The van der Waals surface area contributed by atoms with Gasteiger partial charge < -0.3 is 14.3 Å². The maximum atomic E-state index is 4.54. The van der Waals surface area contributed by atoms with E-state index in [4.69, 9.17) is 0 Å². The summed E-state index contributed by atoms with van der Waals surface area (Å²) in [4.78, 5) is 9.46. The number of hydrogen-bond donors (Lipinski definition) is 0. The molecule has 0 saturated carbocycles. The number of fused-ring (bicyclic) bond motifs is 3. The van der Waals surface area contributed by atoms with Crippen LogP contribution in [0.1, 0.15) is 40.0 Å². The maximum absolute atomic E-state index is 4.54. The zero-order valence-corrected chi connectivity index (χ0v) is 14.8. The molecule has 1 aromatic heterocycles. The minimum Gasteiger partial charge on any atom is -0.354 e. The summed E-state index contributed by atoms with van der Waals surface area (Å²) in [5.74, 6) is 1.00. The van der Waals surface area contributed by atoms with E-state index >= 15 is 0 Å². The van der Waals surface area contributed by atoms with Crippen LogP contribution in [0.25, 0.3) is 0 Å². The minimum absolute atomic E-state index is 0.0708. The van der Waals surface area contributed by atoms with Crippen LogP contribution < -0.4 is 4.81 Å². The SMILES string of the molecule is CCCCCN1B(C)N(C)C2N(B1C)c1ncnn1C2(C)C. The van der Waals surface area contributed by atoms with Gasteiger partial charge in [0.1, 0.15) is 6.33 Å². The van der Waals surface area contributed by atoms with Crippen molar-refractivity contribution in [2.24, 2.45) is 0 Å². The zero-order chi connectivity index (χ0) is 16.1. The molecule has 0 aliphatic carbocycles. The monoisotopic (exact) mass is 302 g/mol. The highest BCUT2D eigenvalue weighted by atomic mass is 15.6. The van der Waals surface area contributed by atoms with E-state index in [1.807, 2.05) is 0 Å². The molecule has 8 heteroatoms. The third-order valence-corrected chi connectivity index (χ3v) is 5.56. The number of rotatable bonds is 4. The number of aromatic nitrogens is 3. The first-order chi connectivity index (χ1) is 10.4. The highest BCUT2D eigenvalue weighted by molar-refractivity contribution is 6.73. The molecule has 0 bridgehead atoms. The van der Waals surface area contributed by atoms with Crippen molar-refractivity contribution >= 4 is 19.9 Å². The highest BCUT2D eigenvalue weighted by Crippen LogP contribution is 2.41. The lowest BCUT2D eigenvalue weighted by molar-refractivity contribution is 0.190. The lowest BCUT2D eigenvalue weighted by Gasteiger charge is -2.53. The molecule has 0 amide bonds. The van der Waals surface area contributed by atoms with Crippen LogP contribution in [0.15, 0.2) is 6.33 Å². The summed E-state index contributed by atoms with van der Waals surface area (Å²) < 4.78 is 4.68. The van der Waals surface area contributed by atoms with Crippen molar-refractivity contribution in [2.75, 3.05) is 18.4 Å². The summed E-state index contributed by atoms with van der Waals surface area (Å²) in [7, 11) is 2.23. The molecule has 0 radical (unpaired) electrons. The lowest BCUT2D eigenvalue weighted by atomic mass is 9.56. The quantitative estimate of drug-likeness (QED) is 0.627. The maximum Gasteiger partial charge on any atom is 0.333 e. The molecule has 1 fully saturated rings. The fourth-order valence-electron chi connectivity index (χ4n) is 4.27. The normalized spacial score (nSPS) is 24.8. The number of anilines is 1. The Balaban J connectivity index is 1.92. The Morgan fingerprint density at radius 3 is 2.64 bits per heavy atom. The summed E-state index contributed by atoms with van der Waals surface area (Å²) >= 11 is 0. The van der Waals surface area contributed by atoms with Crippen molar-refractivity contribution in [3.63, 3.8) is 0 Å². The minimum atomic E-state index is -0.0708. The van der Waals surface area contributed by atoms with Gasteiger partial charge in [-0.25, -0.2) is 9.67 Å². The Kier molecular flexibility index (Phi) is 4.01. The van der Waals surface area contributed by atoms with E-state index in [9.17, 15) is 0 Å². The van der Waals surface area contributed by atoms with E-state index in [-0.39, 0.29) is 5.54 Å². The summed E-state index contributed by atoms with van der Waals surface area (Å²) in [5, 5.41) is 4.49. The van der Waals surface area contributed by atoms with Crippen molar-refractivity contribution in [2.45, 2.75) is 65.4 Å². The molecular weight excluding hydrogens is 274 g/mol. The molecule has 0 spiro atoms. The summed E-state index contributed by atoms with van der Waals surface area (Å²) in [6.07, 6.45) is 5.80. The van der Waals surface area contributed by atoms with Crippen LogP contribution in [-0.4, -0.2) is 58.0 Å². The third kappa shape index (κ3) is 2.11. The van der Waals surface area contributed by atoms with E-state index in [0.717, 1.165) is 12.5 Å². The van der Waals surface area contributed by atoms with Crippen LogP contribution in [0.5, 0.6) is 0 Å². The van der Waals surface area contributed by atoms with E-state index in [2.05, 4.69) is 70.6 Å². The molecule has 3 rings (SSSR count). The van der Waals surface area contributed by atoms with Gasteiger partial charge in [0.05, 0.1) is 11.7 Å². The van der Waals surface area contributed by atoms with Crippen molar-refractivity contribution in [3.05, 3.63) is 6.33 Å². The van der Waals surface area contributed by atoms with E-state index < -0.39 is 0 Å². The smallest absolute Gasteiger partial charge is 0.333 e. The number of hydrogen-bond acceptors (Lipinski definition) is 5. The molecule has 1 saturated heterocycles. The first-order valence-corrected chi connectivity index (χ1v) is 8.57. The molecule has 1 atom stereocenters. The second-order valence-corrected chi connectivity index (χ2v) is 7.28. The Morgan fingerprint density at radius 1 is 1.23 bits per heavy atom. The van der Waals surface area contributed by atoms with Crippen molar-refractivity contribution in [1.82, 2.24) is 24.3 Å². The Morgan fingerprint density at radius 2 is 1.95 bits per heavy atom.